The molecule has 0 aliphatic carbocycles. The van der Waals surface area contributed by atoms with Gasteiger partial charge in [0.25, 0.3) is 0 Å². The minimum absolute atomic E-state index is 0.880. The van der Waals surface area contributed by atoms with Crippen molar-refractivity contribution >= 4 is 0 Å². The minimum atomic E-state index is 0.880. The molecule has 1 aromatic rings. The SMILES string of the molecule is CCN(CC[C@H]1CCCNC1)Cc1ccncc1. The zero-order valence-corrected chi connectivity index (χ0v) is 11.4. The lowest BCUT2D eigenvalue weighted by molar-refractivity contribution is 0.239. The van der Waals surface area contributed by atoms with Crippen LogP contribution in [0.3, 0.4) is 0 Å². The van der Waals surface area contributed by atoms with Crippen molar-refractivity contribution in [2.24, 2.45) is 5.92 Å². The molecule has 1 atom stereocenters. The zero-order valence-electron chi connectivity index (χ0n) is 11.4. The second kappa shape index (κ2) is 7.49. The Bertz CT molecular complexity index is 320. The van der Waals surface area contributed by atoms with Gasteiger partial charge in [-0.25, -0.2) is 0 Å². The van der Waals surface area contributed by atoms with E-state index in [1.165, 1.54) is 44.5 Å². The van der Waals surface area contributed by atoms with Gasteiger partial charge >= 0.3 is 0 Å². The molecule has 0 spiro atoms. The number of rotatable bonds is 6. The Labute approximate surface area is 111 Å². The Kier molecular flexibility index (Phi) is 5.62. The summed E-state index contributed by atoms with van der Waals surface area (Å²) in [5.41, 5.74) is 1.37. The molecule has 0 saturated carbocycles. The van der Waals surface area contributed by atoms with Gasteiger partial charge in [0.1, 0.15) is 0 Å². The number of nitrogens with zero attached hydrogens (tertiary/aromatic N) is 2. The summed E-state index contributed by atoms with van der Waals surface area (Å²) in [6.07, 6.45) is 7.84. The maximum Gasteiger partial charge on any atom is 0.0271 e. The van der Waals surface area contributed by atoms with Crippen molar-refractivity contribution in [3.8, 4) is 0 Å². The van der Waals surface area contributed by atoms with Crippen LogP contribution in [0.1, 0.15) is 31.7 Å². The van der Waals surface area contributed by atoms with E-state index in [0.717, 1.165) is 19.0 Å². The standard InChI is InChI=1S/C15H25N3/c1-2-18(13-15-5-9-16-10-6-15)11-7-14-4-3-8-17-12-14/h5-6,9-10,14,17H,2-4,7-8,11-13H2,1H3/t14-/m1/s1. The molecule has 2 heterocycles. The Morgan fingerprint density at radius 2 is 2.22 bits per heavy atom. The van der Waals surface area contributed by atoms with Crippen molar-refractivity contribution in [1.82, 2.24) is 15.2 Å². The van der Waals surface area contributed by atoms with Crippen LogP contribution in [0, 0.1) is 5.92 Å². The predicted octanol–water partition coefficient (Wildman–Crippen LogP) is 2.29. The van der Waals surface area contributed by atoms with E-state index in [0.29, 0.717) is 0 Å². The Hall–Kier alpha value is -0.930. The van der Waals surface area contributed by atoms with Crippen LogP contribution < -0.4 is 5.32 Å². The molecule has 1 fully saturated rings. The monoisotopic (exact) mass is 247 g/mol. The fourth-order valence-electron chi connectivity index (χ4n) is 2.63. The molecule has 1 N–H and O–H groups in total. The third-order valence-electron chi connectivity index (χ3n) is 3.86. The molecule has 1 saturated heterocycles. The van der Waals surface area contributed by atoms with Crippen LogP contribution in [0.2, 0.25) is 0 Å². The first-order valence-corrected chi connectivity index (χ1v) is 7.20. The van der Waals surface area contributed by atoms with Crippen molar-refractivity contribution < 1.29 is 0 Å². The highest BCUT2D eigenvalue weighted by Crippen LogP contribution is 2.15. The van der Waals surface area contributed by atoms with Crippen LogP contribution >= 0.6 is 0 Å². The van der Waals surface area contributed by atoms with Gasteiger partial charge < -0.3 is 5.32 Å². The molecule has 0 bridgehead atoms. The van der Waals surface area contributed by atoms with Gasteiger partial charge in [-0.05, 0) is 69.1 Å². The van der Waals surface area contributed by atoms with E-state index >= 15 is 0 Å². The summed E-state index contributed by atoms with van der Waals surface area (Å²) < 4.78 is 0. The van der Waals surface area contributed by atoms with Gasteiger partial charge in [-0.15, -0.1) is 0 Å². The van der Waals surface area contributed by atoms with E-state index in [-0.39, 0.29) is 0 Å². The summed E-state index contributed by atoms with van der Waals surface area (Å²) >= 11 is 0. The van der Waals surface area contributed by atoms with E-state index in [4.69, 9.17) is 0 Å². The summed E-state index contributed by atoms with van der Waals surface area (Å²) in [7, 11) is 0. The van der Waals surface area contributed by atoms with Crippen LogP contribution in [0.4, 0.5) is 0 Å². The van der Waals surface area contributed by atoms with E-state index in [2.05, 4.69) is 34.3 Å². The van der Waals surface area contributed by atoms with Gasteiger partial charge in [0.05, 0.1) is 0 Å². The fraction of sp³-hybridized carbons (Fsp3) is 0.667. The van der Waals surface area contributed by atoms with Gasteiger partial charge in [0, 0.05) is 18.9 Å². The quantitative estimate of drug-likeness (QED) is 0.836. The molecule has 100 valence electrons. The topological polar surface area (TPSA) is 28.2 Å². The maximum atomic E-state index is 4.07. The largest absolute Gasteiger partial charge is 0.316 e. The second-order valence-corrected chi connectivity index (χ2v) is 5.23. The Balaban J connectivity index is 1.75. The highest BCUT2D eigenvalue weighted by Gasteiger charge is 2.14. The molecule has 0 radical (unpaired) electrons. The molecule has 1 aliphatic rings. The summed E-state index contributed by atoms with van der Waals surface area (Å²) in [6.45, 7) is 8.07. The number of aromatic nitrogens is 1. The van der Waals surface area contributed by atoms with Crippen LogP contribution in [0.5, 0.6) is 0 Å². The average Bonchev–Trinajstić information content (AvgIpc) is 2.45. The van der Waals surface area contributed by atoms with Gasteiger partial charge in [-0.2, -0.15) is 0 Å². The van der Waals surface area contributed by atoms with Crippen molar-refractivity contribution in [2.75, 3.05) is 26.2 Å². The van der Waals surface area contributed by atoms with Crippen LogP contribution in [-0.4, -0.2) is 36.1 Å². The molecule has 2 rings (SSSR count). The highest BCUT2D eigenvalue weighted by molar-refractivity contribution is 5.09. The van der Waals surface area contributed by atoms with E-state index in [9.17, 15) is 0 Å². The highest BCUT2D eigenvalue weighted by atomic mass is 15.1. The minimum Gasteiger partial charge on any atom is -0.316 e. The third-order valence-corrected chi connectivity index (χ3v) is 3.86. The van der Waals surface area contributed by atoms with Crippen molar-refractivity contribution in [2.45, 2.75) is 32.7 Å². The first-order valence-electron chi connectivity index (χ1n) is 7.20. The molecule has 0 amide bonds. The molecule has 0 unspecified atom stereocenters. The van der Waals surface area contributed by atoms with Crippen LogP contribution in [-0.2, 0) is 6.54 Å². The summed E-state index contributed by atoms with van der Waals surface area (Å²) in [5, 5.41) is 3.50. The number of piperidine rings is 1. The number of hydrogen-bond acceptors (Lipinski definition) is 3. The van der Waals surface area contributed by atoms with Crippen LogP contribution in [0.25, 0.3) is 0 Å². The number of pyridine rings is 1. The van der Waals surface area contributed by atoms with E-state index in [1.807, 2.05) is 12.4 Å². The Morgan fingerprint density at radius 3 is 2.89 bits per heavy atom. The van der Waals surface area contributed by atoms with Crippen molar-refractivity contribution in [3.63, 3.8) is 0 Å². The molecule has 1 aliphatic heterocycles. The van der Waals surface area contributed by atoms with Gasteiger partial charge in [-0.3, -0.25) is 9.88 Å². The number of nitrogens with one attached hydrogen (secondary N) is 1. The molecule has 0 aromatic carbocycles. The summed E-state index contributed by atoms with van der Waals surface area (Å²) in [4.78, 5) is 6.60. The third kappa shape index (κ3) is 4.39. The first-order chi connectivity index (χ1) is 8.88. The first kappa shape index (κ1) is 13.5. The van der Waals surface area contributed by atoms with Gasteiger partial charge in [0.2, 0.25) is 0 Å². The summed E-state index contributed by atoms with van der Waals surface area (Å²) in [5.74, 6) is 0.880. The summed E-state index contributed by atoms with van der Waals surface area (Å²) in [6, 6.07) is 4.23. The predicted molar refractivity (Wildman–Crippen MR) is 75.4 cm³/mol. The Morgan fingerprint density at radius 1 is 1.39 bits per heavy atom. The molecule has 3 heteroatoms. The molecule has 1 aromatic heterocycles. The zero-order chi connectivity index (χ0) is 12.6. The van der Waals surface area contributed by atoms with Gasteiger partial charge in [0.15, 0.2) is 0 Å². The average molecular weight is 247 g/mol. The molecule has 3 nitrogen and oxygen atoms in total. The van der Waals surface area contributed by atoms with Crippen molar-refractivity contribution in [3.05, 3.63) is 30.1 Å². The lowest BCUT2D eigenvalue weighted by Gasteiger charge is -2.26. The lowest BCUT2D eigenvalue weighted by atomic mass is 9.96. The van der Waals surface area contributed by atoms with E-state index in [1.54, 1.807) is 0 Å². The number of hydrogen-bond donors (Lipinski definition) is 1. The van der Waals surface area contributed by atoms with Crippen LogP contribution in [0.15, 0.2) is 24.5 Å². The molecule has 18 heavy (non-hydrogen) atoms. The normalized spacial score (nSPS) is 20.2. The molecular weight excluding hydrogens is 222 g/mol. The fourth-order valence-corrected chi connectivity index (χ4v) is 2.63. The molecular formula is C15H25N3. The lowest BCUT2D eigenvalue weighted by Crippen LogP contribution is -2.33. The smallest absolute Gasteiger partial charge is 0.0271 e. The second-order valence-electron chi connectivity index (χ2n) is 5.23. The van der Waals surface area contributed by atoms with E-state index < -0.39 is 0 Å². The van der Waals surface area contributed by atoms with Crippen molar-refractivity contribution in [1.29, 1.82) is 0 Å². The van der Waals surface area contributed by atoms with Gasteiger partial charge in [-0.1, -0.05) is 6.92 Å². The maximum absolute atomic E-state index is 4.07.